The summed E-state index contributed by atoms with van der Waals surface area (Å²) in [5.74, 6) is -1.42. The lowest BCUT2D eigenvalue weighted by Gasteiger charge is -2.33. The molecule has 0 aliphatic carbocycles. The Morgan fingerprint density at radius 2 is 1.79 bits per heavy atom. The summed E-state index contributed by atoms with van der Waals surface area (Å²) in [7, 11) is 1.54. The molecule has 24 heavy (non-hydrogen) atoms. The van der Waals surface area contributed by atoms with Crippen LogP contribution in [0.3, 0.4) is 0 Å². The topological polar surface area (TPSA) is 44.7 Å². The van der Waals surface area contributed by atoms with Crippen LogP contribution in [0.2, 0.25) is 0 Å². The number of ether oxygens (including phenoxy) is 1. The van der Waals surface area contributed by atoms with Crippen molar-refractivity contribution in [1.82, 2.24) is 5.32 Å². The van der Waals surface area contributed by atoms with Crippen molar-refractivity contribution in [1.29, 1.82) is 0 Å². The lowest BCUT2D eigenvalue weighted by Crippen LogP contribution is -2.44. The van der Waals surface area contributed by atoms with Gasteiger partial charge in [0.1, 0.15) is 0 Å². The van der Waals surface area contributed by atoms with Gasteiger partial charge in [0, 0.05) is 50.1 Å². The molecule has 1 fully saturated rings. The van der Waals surface area contributed by atoms with E-state index in [9.17, 15) is 5.11 Å². The van der Waals surface area contributed by atoms with Crippen LogP contribution < -0.4 is 10.2 Å². The van der Waals surface area contributed by atoms with E-state index in [1.807, 2.05) is 36.4 Å². The summed E-state index contributed by atoms with van der Waals surface area (Å²) < 4.78 is 5.53. The normalized spacial score (nSPS) is 17.5. The molecule has 0 saturated carbocycles. The van der Waals surface area contributed by atoms with E-state index < -0.39 is 5.79 Å². The van der Waals surface area contributed by atoms with Gasteiger partial charge in [-0.15, -0.1) is 0 Å². The second kappa shape index (κ2) is 7.34. The standard InChI is InChI=1S/C20H26N2O2/c1-3-16-15-18(9-10-19(16)22-13-11-21-12-14-22)20(23,24-2)17-7-5-4-6-8-17/h4-10,15,21,23H,3,11-14H2,1-2H3. The number of nitrogens with one attached hydrogen (secondary N) is 1. The fourth-order valence-corrected chi connectivity index (χ4v) is 3.36. The van der Waals surface area contributed by atoms with Crippen LogP contribution >= 0.6 is 0 Å². The molecule has 2 aromatic rings. The maximum atomic E-state index is 11.1. The summed E-state index contributed by atoms with van der Waals surface area (Å²) in [4.78, 5) is 2.41. The van der Waals surface area contributed by atoms with Crippen molar-refractivity contribution < 1.29 is 9.84 Å². The summed E-state index contributed by atoms with van der Waals surface area (Å²) in [6.45, 7) is 6.20. The first-order chi connectivity index (χ1) is 11.7. The number of methoxy groups -OCH3 is 1. The quantitative estimate of drug-likeness (QED) is 0.829. The van der Waals surface area contributed by atoms with Crippen molar-refractivity contribution in [2.45, 2.75) is 19.1 Å². The molecule has 0 bridgehead atoms. The molecule has 0 amide bonds. The molecule has 4 heteroatoms. The minimum Gasteiger partial charge on any atom is -0.369 e. The van der Waals surface area contributed by atoms with Crippen LogP contribution in [0.1, 0.15) is 23.6 Å². The molecule has 1 unspecified atom stereocenters. The lowest BCUT2D eigenvalue weighted by atomic mass is 9.94. The van der Waals surface area contributed by atoms with E-state index in [0.29, 0.717) is 0 Å². The third-order valence-electron chi connectivity index (χ3n) is 4.77. The zero-order valence-electron chi connectivity index (χ0n) is 14.5. The summed E-state index contributed by atoms with van der Waals surface area (Å²) in [6.07, 6.45) is 0.918. The Kier molecular flexibility index (Phi) is 5.19. The number of benzene rings is 2. The van der Waals surface area contributed by atoms with Gasteiger partial charge in [0.15, 0.2) is 0 Å². The molecule has 128 valence electrons. The SMILES string of the molecule is CCc1cc(C(O)(OC)c2ccccc2)ccc1N1CCNCC1. The van der Waals surface area contributed by atoms with Gasteiger partial charge in [-0.25, -0.2) is 0 Å². The van der Waals surface area contributed by atoms with Crippen LogP contribution in [0.25, 0.3) is 0 Å². The molecular formula is C20H26N2O2. The van der Waals surface area contributed by atoms with E-state index >= 15 is 0 Å². The van der Waals surface area contributed by atoms with Crippen LogP contribution in [-0.4, -0.2) is 38.4 Å². The molecule has 2 N–H and O–H groups in total. The number of hydrogen-bond acceptors (Lipinski definition) is 4. The molecule has 1 aliphatic heterocycles. The molecule has 1 saturated heterocycles. The highest BCUT2D eigenvalue weighted by Gasteiger charge is 2.32. The number of anilines is 1. The van der Waals surface area contributed by atoms with Crippen molar-refractivity contribution in [3.05, 3.63) is 65.2 Å². The molecule has 1 heterocycles. The third-order valence-corrected chi connectivity index (χ3v) is 4.77. The van der Waals surface area contributed by atoms with Crippen molar-refractivity contribution in [3.63, 3.8) is 0 Å². The molecule has 0 aromatic heterocycles. The first kappa shape index (κ1) is 17.0. The monoisotopic (exact) mass is 326 g/mol. The van der Waals surface area contributed by atoms with Crippen molar-refractivity contribution in [2.75, 3.05) is 38.2 Å². The van der Waals surface area contributed by atoms with Gasteiger partial charge in [0.05, 0.1) is 0 Å². The second-order valence-electron chi connectivity index (χ2n) is 6.15. The van der Waals surface area contributed by atoms with E-state index in [1.165, 1.54) is 11.3 Å². The summed E-state index contributed by atoms with van der Waals surface area (Å²) in [6, 6.07) is 15.7. The zero-order valence-corrected chi connectivity index (χ0v) is 14.5. The maximum absolute atomic E-state index is 11.1. The third kappa shape index (κ3) is 3.18. The minimum atomic E-state index is -1.42. The molecule has 1 aliphatic rings. The Labute approximate surface area is 144 Å². The number of hydrogen-bond donors (Lipinski definition) is 2. The van der Waals surface area contributed by atoms with Gasteiger partial charge in [0.25, 0.3) is 0 Å². The second-order valence-corrected chi connectivity index (χ2v) is 6.15. The van der Waals surface area contributed by atoms with Crippen LogP contribution in [0.15, 0.2) is 48.5 Å². The van der Waals surface area contributed by atoms with Crippen LogP contribution in [0.4, 0.5) is 5.69 Å². The number of nitrogens with zero attached hydrogens (tertiary/aromatic N) is 1. The molecule has 0 spiro atoms. The smallest absolute Gasteiger partial charge is 0.219 e. The molecule has 4 nitrogen and oxygen atoms in total. The fraction of sp³-hybridized carbons (Fsp3) is 0.400. The summed E-state index contributed by atoms with van der Waals surface area (Å²) in [5.41, 5.74) is 4.01. The lowest BCUT2D eigenvalue weighted by molar-refractivity contribution is -0.159. The fourth-order valence-electron chi connectivity index (χ4n) is 3.36. The van der Waals surface area contributed by atoms with Crippen molar-refractivity contribution in [2.24, 2.45) is 0 Å². The van der Waals surface area contributed by atoms with Gasteiger partial charge in [-0.1, -0.05) is 43.3 Å². The van der Waals surface area contributed by atoms with Gasteiger partial charge in [-0.2, -0.15) is 0 Å². The molecule has 3 rings (SSSR count). The Morgan fingerprint density at radius 1 is 1.08 bits per heavy atom. The Hall–Kier alpha value is -1.88. The van der Waals surface area contributed by atoms with Crippen LogP contribution in [0.5, 0.6) is 0 Å². The van der Waals surface area contributed by atoms with E-state index in [4.69, 9.17) is 4.74 Å². The molecule has 2 aromatic carbocycles. The van der Waals surface area contributed by atoms with E-state index in [1.54, 1.807) is 7.11 Å². The number of rotatable bonds is 5. The maximum Gasteiger partial charge on any atom is 0.219 e. The Balaban J connectivity index is 1.99. The summed E-state index contributed by atoms with van der Waals surface area (Å²) in [5, 5.41) is 14.5. The average molecular weight is 326 g/mol. The van der Waals surface area contributed by atoms with Gasteiger partial charge in [0.2, 0.25) is 5.79 Å². The largest absolute Gasteiger partial charge is 0.369 e. The molecule has 1 atom stereocenters. The highest BCUT2D eigenvalue weighted by atomic mass is 16.6. The van der Waals surface area contributed by atoms with E-state index in [2.05, 4.69) is 29.3 Å². The Bertz CT molecular complexity index is 669. The van der Waals surface area contributed by atoms with E-state index in [0.717, 1.165) is 43.7 Å². The van der Waals surface area contributed by atoms with Crippen LogP contribution in [-0.2, 0) is 16.9 Å². The summed E-state index contributed by atoms with van der Waals surface area (Å²) >= 11 is 0. The molecule has 0 radical (unpaired) electrons. The molecular weight excluding hydrogens is 300 g/mol. The van der Waals surface area contributed by atoms with Gasteiger partial charge in [-0.05, 0) is 24.1 Å². The predicted molar refractivity (Wildman–Crippen MR) is 97.4 cm³/mol. The van der Waals surface area contributed by atoms with E-state index in [-0.39, 0.29) is 0 Å². The Morgan fingerprint density at radius 3 is 2.42 bits per heavy atom. The predicted octanol–water partition coefficient (Wildman–Crippen LogP) is 2.50. The van der Waals surface area contributed by atoms with Crippen LogP contribution in [0, 0.1) is 0 Å². The first-order valence-corrected chi connectivity index (χ1v) is 8.61. The van der Waals surface area contributed by atoms with Gasteiger partial charge < -0.3 is 20.1 Å². The van der Waals surface area contributed by atoms with Crippen molar-refractivity contribution in [3.8, 4) is 0 Å². The number of aliphatic hydroxyl groups is 1. The van der Waals surface area contributed by atoms with Gasteiger partial charge >= 0.3 is 0 Å². The minimum absolute atomic E-state index is 0.740. The average Bonchev–Trinajstić information content (AvgIpc) is 2.68. The van der Waals surface area contributed by atoms with Crippen molar-refractivity contribution >= 4 is 5.69 Å². The highest BCUT2D eigenvalue weighted by Crippen LogP contribution is 2.33. The number of piperazine rings is 1. The van der Waals surface area contributed by atoms with Gasteiger partial charge in [-0.3, -0.25) is 0 Å². The highest BCUT2D eigenvalue weighted by molar-refractivity contribution is 5.56. The first-order valence-electron chi connectivity index (χ1n) is 8.61. The zero-order chi connectivity index (χ0) is 17.0. The number of aryl methyl sites for hydroxylation is 1.